The van der Waals surface area contributed by atoms with Gasteiger partial charge in [-0.1, -0.05) is 53.7 Å². The van der Waals surface area contributed by atoms with Crippen molar-refractivity contribution in [2.75, 3.05) is 0 Å². The maximum atomic E-state index is 6.14. The van der Waals surface area contributed by atoms with Gasteiger partial charge in [0, 0.05) is 5.92 Å². The van der Waals surface area contributed by atoms with Crippen molar-refractivity contribution in [1.29, 1.82) is 0 Å². The second-order valence-corrected chi connectivity index (χ2v) is 5.88. The van der Waals surface area contributed by atoms with E-state index < -0.39 is 0 Å². The monoisotopic (exact) mass is 196 g/mol. The highest BCUT2D eigenvalue weighted by molar-refractivity contribution is 5.03. The Hall–Kier alpha value is -0.300. The maximum Gasteiger partial charge on any atom is 0.0783 e. The molecule has 82 valence electrons. The van der Waals surface area contributed by atoms with Crippen molar-refractivity contribution in [1.82, 2.24) is 0 Å². The van der Waals surface area contributed by atoms with E-state index >= 15 is 0 Å². The summed E-state index contributed by atoms with van der Waals surface area (Å²) in [4.78, 5) is 0. The van der Waals surface area contributed by atoms with Crippen LogP contribution in [0.15, 0.2) is 12.2 Å². The van der Waals surface area contributed by atoms with Crippen LogP contribution in [0.1, 0.15) is 41.5 Å². The highest BCUT2D eigenvalue weighted by Gasteiger charge is 2.34. The predicted molar refractivity (Wildman–Crippen MR) is 61.3 cm³/mol. The van der Waals surface area contributed by atoms with Crippen LogP contribution in [0.4, 0.5) is 0 Å². The summed E-state index contributed by atoms with van der Waals surface area (Å²) in [5.74, 6) is 1.11. The normalized spacial score (nSPS) is 33.8. The second kappa shape index (κ2) is 4.06. The summed E-state index contributed by atoms with van der Waals surface area (Å²) in [6.45, 7) is 13.4. The fourth-order valence-electron chi connectivity index (χ4n) is 2.10. The molecule has 14 heavy (non-hydrogen) atoms. The van der Waals surface area contributed by atoms with E-state index in [0.29, 0.717) is 24.0 Å². The van der Waals surface area contributed by atoms with Crippen LogP contribution in [0, 0.1) is 17.3 Å². The zero-order chi connectivity index (χ0) is 10.9. The van der Waals surface area contributed by atoms with Crippen LogP contribution in [0.25, 0.3) is 0 Å². The average molecular weight is 196 g/mol. The van der Waals surface area contributed by atoms with Gasteiger partial charge in [-0.05, 0) is 11.3 Å². The van der Waals surface area contributed by atoms with Crippen molar-refractivity contribution in [3.8, 4) is 0 Å². The smallest absolute Gasteiger partial charge is 0.0783 e. The van der Waals surface area contributed by atoms with Gasteiger partial charge in [0.2, 0.25) is 0 Å². The summed E-state index contributed by atoms with van der Waals surface area (Å²) < 4.78 is 6.14. The molecule has 1 rings (SSSR count). The summed E-state index contributed by atoms with van der Waals surface area (Å²) in [5.41, 5.74) is 0.233. The molecule has 0 bridgehead atoms. The molecule has 1 aliphatic heterocycles. The molecule has 1 aliphatic rings. The molecule has 0 amide bonds. The lowest BCUT2D eigenvalue weighted by Gasteiger charge is -2.40. The molecule has 0 aliphatic carbocycles. The number of rotatable bonds is 1. The molecule has 1 nitrogen and oxygen atoms in total. The molecule has 0 radical (unpaired) electrons. The van der Waals surface area contributed by atoms with Gasteiger partial charge < -0.3 is 4.74 Å². The van der Waals surface area contributed by atoms with E-state index in [9.17, 15) is 0 Å². The number of hydrogen-bond donors (Lipinski definition) is 0. The van der Waals surface area contributed by atoms with E-state index in [1.165, 1.54) is 0 Å². The van der Waals surface area contributed by atoms with Gasteiger partial charge in [0.05, 0.1) is 12.2 Å². The standard InChI is InChI=1S/C13H24O/c1-9(2)11-8-7-10(3)12(14-11)13(4,5)6/h7-12H,1-6H3/t10?,11-,12-/m0/s1. The Labute approximate surface area is 88.5 Å². The van der Waals surface area contributed by atoms with Gasteiger partial charge in [0.25, 0.3) is 0 Å². The second-order valence-electron chi connectivity index (χ2n) is 5.88. The summed E-state index contributed by atoms with van der Waals surface area (Å²) >= 11 is 0. The molecule has 0 saturated carbocycles. The molecule has 0 N–H and O–H groups in total. The van der Waals surface area contributed by atoms with Crippen molar-refractivity contribution in [3.05, 3.63) is 12.2 Å². The lowest BCUT2D eigenvalue weighted by molar-refractivity contribution is -0.0897. The minimum absolute atomic E-state index is 0.233. The third-order valence-electron chi connectivity index (χ3n) is 2.90. The van der Waals surface area contributed by atoms with E-state index in [0.717, 1.165) is 0 Å². The maximum absolute atomic E-state index is 6.14. The molecule has 0 aromatic rings. The molecule has 0 fully saturated rings. The molecule has 0 aromatic heterocycles. The first-order valence-corrected chi connectivity index (χ1v) is 5.66. The van der Waals surface area contributed by atoms with Crippen LogP contribution in [0.3, 0.4) is 0 Å². The highest BCUT2D eigenvalue weighted by atomic mass is 16.5. The third-order valence-corrected chi connectivity index (χ3v) is 2.90. The number of ether oxygens (including phenoxy) is 1. The van der Waals surface area contributed by atoms with Crippen molar-refractivity contribution in [2.24, 2.45) is 17.3 Å². The van der Waals surface area contributed by atoms with Gasteiger partial charge in [-0.15, -0.1) is 0 Å². The molecule has 0 saturated heterocycles. The first-order valence-electron chi connectivity index (χ1n) is 5.66. The summed E-state index contributed by atoms with van der Waals surface area (Å²) in [7, 11) is 0. The molecular formula is C13H24O. The van der Waals surface area contributed by atoms with Crippen molar-refractivity contribution >= 4 is 0 Å². The summed E-state index contributed by atoms with van der Waals surface area (Å²) in [6.07, 6.45) is 5.18. The van der Waals surface area contributed by atoms with Gasteiger partial charge in [-0.25, -0.2) is 0 Å². The Balaban J connectivity index is 2.76. The van der Waals surface area contributed by atoms with Crippen molar-refractivity contribution in [3.63, 3.8) is 0 Å². The van der Waals surface area contributed by atoms with Crippen LogP contribution in [-0.2, 0) is 4.74 Å². The topological polar surface area (TPSA) is 9.23 Å². The van der Waals surface area contributed by atoms with Crippen LogP contribution < -0.4 is 0 Å². The zero-order valence-corrected chi connectivity index (χ0v) is 10.4. The Morgan fingerprint density at radius 3 is 2.14 bits per heavy atom. The Morgan fingerprint density at radius 1 is 1.14 bits per heavy atom. The number of hydrogen-bond acceptors (Lipinski definition) is 1. The summed E-state index contributed by atoms with van der Waals surface area (Å²) in [6, 6.07) is 0. The van der Waals surface area contributed by atoms with Gasteiger partial charge in [0.1, 0.15) is 0 Å². The molecular weight excluding hydrogens is 172 g/mol. The molecule has 0 aromatic carbocycles. The molecule has 3 atom stereocenters. The van der Waals surface area contributed by atoms with E-state index in [2.05, 4.69) is 53.7 Å². The SMILES string of the molecule is CC(C)[C@@H]1C=CC(C)[C@@H](C(C)(C)C)O1. The van der Waals surface area contributed by atoms with Crippen molar-refractivity contribution < 1.29 is 4.74 Å². The van der Waals surface area contributed by atoms with E-state index in [-0.39, 0.29) is 5.41 Å². The van der Waals surface area contributed by atoms with Crippen LogP contribution in [0.2, 0.25) is 0 Å². The first-order chi connectivity index (χ1) is 6.32. The molecule has 1 unspecified atom stereocenters. The summed E-state index contributed by atoms with van der Waals surface area (Å²) in [5, 5.41) is 0. The third kappa shape index (κ3) is 2.60. The van der Waals surface area contributed by atoms with Crippen LogP contribution in [-0.4, -0.2) is 12.2 Å². The van der Waals surface area contributed by atoms with Gasteiger partial charge in [0.15, 0.2) is 0 Å². The van der Waals surface area contributed by atoms with Gasteiger partial charge in [-0.2, -0.15) is 0 Å². The minimum atomic E-state index is 0.233. The Bertz CT molecular complexity index is 210. The Morgan fingerprint density at radius 2 is 1.71 bits per heavy atom. The zero-order valence-electron chi connectivity index (χ0n) is 10.4. The largest absolute Gasteiger partial charge is 0.370 e. The Kier molecular flexibility index (Phi) is 3.41. The molecule has 0 spiro atoms. The first kappa shape index (κ1) is 11.8. The molecule has 1 heterocycles. The van der Waals surface area contributed by atoms with E-state index in [1.54, 1.807) is 0 Å². The van der Waals surface area contributed by atoms with Crippen LogP contribution in [0.5, 0.6) is 0 Å². The van der Waals surface area contributed by atoms with Gasteiger partial charge in [-0.3, -0.25) is 0 Å². The fourth-order valence-corrected chi connectivity index (χ4v) is 2.10. The quantitative estimate of drug-likeness (QED) is 0.582. The highest BCUT2D eigenvalue weighted by Crippen LogP contribution is 2.34. The van der Waals surface area contributed by atoms with E-state index in [4.69, 9.17) is 4.74 Å². The minimum Gasteiger partial charge on any atom is -0.370 e. The fraction of sp³-hybridized carbons (Fsp3) is 0.846. The predicted octanol–water partition coefficient (Wildman–Crippen LogP) is 3.65. The average Bonchev–Trinajstić information content (AvgIpc) is 2.02. The lowest BCUT2D eigenvalue weighted by atomic mass is 9.80. The van der Waals surface area contributed by atoms with E-state index in [1.807, 2.05) is 0 Å². The van der Waals surface area contributed by atoms with Crippen molar-refractivity contribution in [2.45, 2.75) is 53.8 Å². The lowest BCUT2D eigenvalue weighted by Crippen LogP contribution is -2.41. The molecule has 1 heteroatoms. The van der Waals surface area contributed by atoms with Crippen LogP contribution >= 0.6 is 0 Å². The van der Waals surface area contributed by atoms with Gasteiger partial charge >= 0.3 is 0 Å².